The van der Waals surface area contributed by atoms with Crippen molar-refractivity contribution >= 4 is 0 Å². The summed E-state index contributed by atoms with van der Waals surface area (Å²) < 4.78 is 5.40. The molecule has 1 aromatic carbocycles. The smallest absolute Gasteiger partial charge is 0.0710 e. The van der Waals surface area contributed by atoms with Gasteiger partial charge in [-0.05, 0) is 29.9 Å². The fourth-order valence-corrected chi connectivity index (χ4v) is 2.91. The molecule has 0 saturated carbocycles. The Kier molecular flexibility index (Phi) is 5.58. The van der Waals surface area contributed by atoms with Crippen LogP contribution in [0.1, 0.15) is 37.4 Å². The van der Waals surface area contributed by atoms with Gasteiger partial charge in [-0.2, -0.15) is 0 Å². The minimum atomic E-state index is 0.0960. The number of hydrogen-bond acceptors (Lipinski definition) is 3. The van der Waals surface area contributed by atoms with E-state index in [2.05, 4.69) is 43.0 Å². The fraction of sp³-hybridized carbons (Fsp3) is 0.647. The Balaban J connectivity index is 1.87. The Morgan fingerprint density at radius 2 is 2.00 bits per heavy atom. The van der Waals surface area contributed by atoms with Gasteiger partial charge in [0, 0.05) is 32.8 Å². The first-order valence-corrected chi connectivity index (χ1v) is 7.68. The van der Waals surface area contributed by atoms with Crippen molar-refractivity contribution in [1.29, 1.82) is 0 Å². The highest BCUT2D eigenvalue weighted by Crippen LogP contribution is 2.18. The topological polar surface area (TPSA) is 38.5 Å². The molecule has 0 aliphatic carbocycles. The third kappa shape index (κ3) is 4.30. The van der Waals surface area contributed by atoms with E-state index in [-0.39, 0.29) is 6.04 Å². The molecule has 2 unspecified atom stereocenters. The summed E-state index contributed by atoms with van der Waals surface area (Å²) in [6, 6.07) is 8.91. The van der Waals surface area contributed by atoms with Crippen LogP contribution >= 0.6 is 0 Å². The molecule has 1 aliphatic heterocycles. The van der Waals surface area contributed by atoms with Crippen LogP contribution in [0.25, 0.3) is 0 Å². The maximum Gasteiger partial charge on any atom is 0.0710 e. The highest BCUT2D eigenvalue weighted by Gasteiger charge is 2.23. The maximum atomic E-state index is 6.33. The van der Waals surface area contributed by atoms with E-state index in [4.69, 9.17) is 10.5 Å². The van der Waals surface area contributed by atoms with Crippen LogP contribution in [-0.2, 0) is 11.2 Å². The zero-order valence-electron chi connectivity index (χ0n) is 13.0. The van der Waals surface area contributed by atoms with Gasteiger partial charge < -0.3 is 10.5 Å². The fourth-order valence-electron chi connectivity index (χ4n) is 2.91. The molecule has 2 atom stereocenters. The first-order chi connectivity index (χ1) is 9.58. The molecule has 3 nitrogen and oxygen atoms in total. The van der Waals surface area contributed by atoms with Gasteiger partial charge in [0.15, 0.2) is 0 Å². The standard InChI is InChI=1S/C17H28N2O/c1-13(2)10-14-4-6-15(7-5-14)17(18)12-19-9-8-16(11-19)20-3/h4-7,13,16-17H,8-12,18H2,1-3H3. The second kappa shape index (κ2) is 7.21. The molecule has 1 saturated heterocycles. The zero-order valence-corrected chi connectivity index (χ0v) is 13.0. The Bertz CT molecular complexity index is 402. The molecule has 1 aliphatic rings. The average molecular weight is 276 g/mol. The molecular weight excluding hydrogens is 248 g/mol. The van der Waals surface area contributed by atoms with Gasteiger partial charge in [-0.1, -0.05) is 38.1 Å². The van der Waals surface area contributed by atoms with Crippen LogP contribution in [0, 0.1) is 5.92 Å². The van der Waals surface area contributed by atoms with E-state index in [9.17, 15) is 0 Å². The molecule has 20 heavy (non-hydrogen) atoms. The van der Waals surface area contributed by atoms with E-state index in [1.165, 1.54) is 11.1 Å². The lowest BCUT2D eigenvalue weighted by Crippen LogP contribution is -2.31. The van der Waals surface area contributed by atoms with Crippen molar-refractivity contribution in [3.63, 3.8) is 0 Å². The largest absolute Gasteiger partial charge is 0.380 e. The Morgan fingerprint density at radius 1 is 1.30 bits per heavy atom. The van der Waals surface area contributed by atoms with E-state index in [0.29, 0.717) is 12.0 Å². The lowest BCUT2D eigenvalue weighted by molar-refractivity contribution is 0.107. The lowest BCUT2D eigenvalue weighted by atomic mass is 9.99. The molecule has 0 bridgehead atoms. The van der Waals surface area contributed by atoms with Crippen LogP contribution in [0.15, 0.2) is 24.3 Å². The van der Waals surface area contributed by atoms with E-state index < -0.39 is 0 Å². The highest BCUT2D eigenvalue weighted by atomic mass is 16.5. The average Bonchev–Trinajstić information content (AvgIpc) is 2.86. The van der Waals surface area contributed by atoms with Gasteiger partial charge in [0.2, 0.25) is 0 Å². The number of rotatable bonds is 6. The predicted octanol–water partition coefficient (Wildman–Crippen LogP) is 2.61. The Hall–Kier alpha value is -0.900. The van der Waals surface area contributed by atoms with Crippen molar-refractivity contribution in [2.45, 2.75) is 38.8 Å². The van der Waals surface area contributed by atoms with Crippen LogP contribution in [0.2, 0.25) is 0 Å². The summed E-state index contributed by atoms with van der Waals surface area (Å²) in [4.78, 5) is 2.40. The third-order valence-electron chi connectivity index (χ3n) is 4.07. The van der Waals surface area contributed by atoms with Gasteiger partial charge in [-0.15, -0.1) is 0 Å². The lowest BCUT2D eigenvalue weighted by Gasteiger charge is -2.21. The summed E-state index contributed by atoms with van der Waals surface area (Å²) in [5.74, 6) is 0.699. The van der Waals surface area contributed by atoms with Crippen molar-refractivity contribution in [3.8, 4) is 0 Å². The van der Waals surface area contributed by atoms with E-state index in [1.807, 2.05) is 0 Å². The van der Waals surface area contributed by atoms with Crippen LogP contribution in [-0.4, -0.2) is 37.7 Å². The number of benzene rings is 1. The van der Waals surface area contributed by atoms with Crippen molar-refractivity contribution in [3.05, 3.63) is 35.4 Å². The minimum absolute atomic E-state index is 0.0960. The Labute approximate surface area is 123 Å². The highest BCUT2D eigenvalue weighted by molar-refractivity contribution is 5.25. The zero-order chi connectivity index (χ0) is 14.5. The monoisotopic (exact) mass is 276 g/mol. The van der Waals surface area contributed by atoms with E-state index >= 15 is 0 Å². The number of nitrogens with two attached hydrogens (primary N) is 1. The van der Waals surface area contributed by atoms with Crippen molar-refractivity contribution in [1.82, 2.24) is 4.90 Å². The SMILES string of the molecule is COC1CCN(CC(N)c2ccc(CC(C)C)cc2)C1. The number of hydrogen-bond donors (Lipinski definition) is 1. The molecule has 0 radical (unpaired) electrons. The molecule has 0 amide bonds. The van der Waals surface area contributed by atoms with Crippen LogP contribution in [0.3, 0.4) is 0 Å². The van der Waals surface area contributed by atoms with Crippen LogP contribution < -0.4 is 5.73 Å². The molecule has 0 spiro atoms. The van der Waals surface area contributed by atoms with Crippen molar-refractivity contribution < 1.29 is 4.74 Å². The summed E-state index contributed by atoms with van der Waals surface area (Å²) >= 11 is 0. The molecule has 1 fully saturated rings. The minimum Gasteiger partial charge on any atom is -0.380 e. The molecule has 1 heterocycles. The molecule has 2 N–H and O–H groups in total. The van der Waals surface area contributed by atoms with Gasteiger partial charge in [0.25, 0.3) is 0 Å². The molecule has 3 heteroatoms. The summed E-state index contributed by atoms with van der Waals surface area (Å²) in [6.07, 6.45) is 2.64. The summed E-state index contributed by atoms with van der Waals surface area (Å²) in [5, 5.41) is 0. The third-order valence-corrected chi connectivity index (χ3v) is 4.07. The Morgan fingerprint density at radius 3 is 2.55 bits per heavy atom. The normalized spacial score (nSPS) is 21.6. The maximum absolute atomic E-state index is 6.33. The van der Waals surface area contributed by atoms with Crippen LogP contribution in [0.4, 0.5) is 0 Å². The predicted molar refractivity (Wildman–Crippen MR) is 83.8 cm³/mol. The quantitative estimate of drug-likeness (QED) is 0.868. The van der Waals surface area contributed by atoms with Crippen LogP contribution in [0.5, 0.6) is 0 Å². The summed E-state index contributed by atoms with van der Waals surface area (Å²) in [5.41, 5.74) is 8.96. The molecule has 2 rings (SSSR count). The van der Waals surface area contributed by atoms with Gasteiger partial charge in [0.05, 0.1) is 6.10 Å². The van der Waals surface area contributed by atoms with Crippen molar-refractivity contribution in [2.24, 2.45) is 11.7 Å². The second-order valence-corrected chi connectivity index (χ2v) is 6.35. The second-order valence-electron chi connectivity index (χ2n) is 6.35. The van der Waals surface area contributed by atoms with E-state index in [1.54, 1.807) is 7.11 Å². The molecule has 1 aromatic rings. The van der Waals surface area contributed by atoms with Gasteiger partial charge in [0.1, 0.15) is 0 Å². The molecule has 112 valence electrons. The van der Waals surface area contributed by atoms with Crippen molar-refractivity contribution in [2.75, 3.05) is 26.7 Å². The first kappa shape index (κ1) is 15.5. The number of methoxy groups -OCH3 is 1. The van der Waals surface area contributed by atoms with Gasteiger partial charge in [-0.3, -0.25) is 4.90 Å². The van der Waals surface area contributed by atoms with Gasteiger partial charge >= 0.3 is 0 Å². The number of nitrogens with zero attached hydrogens (tertiary/aromatic N) is 1. The van der Waals surface area contributed by atoms with E-state index in [0.717, 1.165) is 32.5 Å². The first-order valence-electron chi connectivity index (χ1n) is 7.68. The van der Waals surface area contributed by atoms with Gasteiger partial charge in [-0.25, -0.2) is 0 Å². The molecular formula is C17H28N2O. The molecule has 0 aromatic heterocycles. The summed E-state index contributed by atoms with van der Waals surface area (Å²) in [6.45, 7) is 7.52. The summed E-state index contributed by atoms with van der Waals surface area (Å²) in [7, 11) is 1.79. The number of ether oxygens (including phenoxy) is 1. The number of likely N-dealkylation sites (tertiary alicyclic amines) is 1.